The number of hydrogen-bond acceptors (Lipinski definition) is 5. The minimum atomic E-state index is 0.498. The van der Waals surface area contributed by atoms with Gasteiger partial charge in [-0.3, -0.25) is 0 Å². The van der Waals surface area contributed by atoms with Gasteiger partial charge in [0.15, 0.2) is 0 Å². The molecule has 0 N–H and O–H groups in total. The number of aromatic nitrogens is 1. The minimum Gasteiger partial charge on any atom is -0.497 e. The maximum absolute atomic E-state index is 5.72. The van der Waals surface area contributed by atoms with E-state index >= 15 is 0 Å². The maximum Gasteiger partial charge on any atom is 0.140 e. The zero-order valence-corrected chi connectivity index (χ0v) is 12.8. The number of methoxy groups -OCH3 is 1. The molecule has 0 unspecified atom stereocenters. The smallest absolute Gasteiger partial charge is 0.140 e. The monoisotopic (exact) mass is 295 g/mol. The standard InChI is InChI=1S/C14H17NO2S2/c1-3-12-13(9-18)19-14(15-12)8-17-11-6-4-10(16-2)5-7-11/h4-7,18H,3,8-9H2,1-2H3. The Labute approximate surface area is 123 Å². The Kier molecular flexibility index (Phi) is 5.10. The van der Waals surface area contributed by atoms with Crippen molar-refractivity contribution >= 4 is 24.0 Å². The van der Waals surface area contributed by atoms with Crippen LogP contribution in [0.1, 0.15) is 22.5 Å². The van der Waals surface area contributed by atoms with Gasteiger partial charge in [-0.1, -0.05) is 6.92 Å². The molecule has 0 aliphatic carbocycles. The molecule has 0 aliphatic heterocycles. The molecule has 0 fully saturated rings. The number of thiazole rings is 1. The van der Waals surface area contributed by atoms with Gasteiger partial charge in [-0.25, -0.2) is 4.98 Å². The molecular weight excluding hydrogens is 278 g/mol. The lowest BCUT2D eigenvalue weighted by molar-refractivity contribution is 0.304. The highest BCUT2D eigenvalue weighted by molar-refractivity contribution is 7.79. The van der Waals surface area contributed by atoms with Crippen molar-refractivity contribution in [2.45, 2.75) is 25.7 Å². The molecule has 0 amide bonds. The molecule has 1 aromatic heterocycles. The molecule has 5 heteroatoms. The molecular formula is C14H17NO2S2. The zero-order chi connectivity index (χ0) is 13.7. The van der Waals surface area contributed by atoms with E-state index in [0.717, 1.165) is 34.4 Å². The second kappa shape index (κ2) is 6.82. The third kappa shape index (κ3) is 3.64. The summed E-state index contributed by atoms with van der Waals surface area (Å²) in [5.74, 6) is 2.39. The SMILES string of the molecule is CCc1nc(COc2ccc(OC)cc2)sc1CS. The molecule has 1 aromatic carbocycles. The van der Waals surface area contributed by atoms with Crippen molar-refractivity contribution in [2.75, 3.05) is 7.11 Å². The summed E-state index contributed by atoms with van der Waals surface area (Å²) in [6.07, 6.45) is 0.939. The van der Waals surface area contributed by atoms with Crippen molar-refractivity contribution < 1.29 is 9.47 Å². The van der Waals surface area contributed by atoms with E-state index in [4.69, 9.17) is 9.47 Å². The van der Waals surface area contributed by atoms with Gasteiger partial charge in [-0.2, -0.15) is 12.6 Å². The fourth-order valence-electron chi connectivity index (χ4n) is 1.72. The van der Waals surface area contributed by atoms with Gasteiger partial charge in [0.2, 0.25) is 0 Å². The van der Waals surface area contributed by atoms with E-state index in [2.05, 4.69) is 24.5 Å². The van der Waals surface area contributed by atoms with Crippen LogP contribution >= 0.6 is 24.0 Å². The van der Waals surface area contributed by atoms with E-state index in [1.54, 1.807) is 18.4 Å². The first-order chi connectivity index (χ1) is 9.26. The highest BCUT2D eigenvalue weighted by Gasteiger charge is 2.08. The fraction of sp³-hybridized carbons (Fsp3) is 0.357. The first-order valence-electron chi connectivity index (χ1n) is 6.12. The lowest BCUT2D eigenvalue weighted by Gasteiger charge is -2.04. The Bertz CT molecular complexity index is 501. The number of hydrogen-bond donors (Lipinski definition) is 1. The van der Waals surface area contributed by atoms with E-state index in [1.807, 2.05) is 24.3 Å². The summed E-state index contributed by atoms with van der Waals surface area (Å²) in [7, 11) is 1.65. The lowest BCUT2D eigenvalue weighted by Crippen LogP contribution is -1.95. The van der Waals surface area contributed by atoms with Crippen LogP contribution in [0.25, 0.3) is 0 Å². The van der Waals surface area contributed by atoms with Crippen molar-refractivity contribution in [3.8, 4) is 11.5 Å². The van der Waals surface area contributed by atoms with Gasteiger partial charge in [-0.15, -0.1) is 11.3 Å². The Balaban J connectivity index is 1.99. The first kappa shape index (κ1) is 14.2. The molecule has 1 heterocycles. The molecule has 0 bridgehead atoms. The Hall–Kier alpha value is -1.20. The lowest BCUT2D eigenvalue weighted by atomic mass is 10.3. The van der Waals surface area contributed by atoms with Crippen molar-refractivity contribution in [1.82, 2.24) is 4.98 Å². The molecule has 0 radical (unpaired) electrons. The predicted octanol–water partition coefficient (Wildman–Crippen LogP) is 3.72. The molecule has 0 spiro atoms. The van der Waals surface area contributed by atoms with Crippen LogP contribution in [0, 0.1) is 0 Å². The average molecular weight is 295 g/mol. The van der Waals surface area contributed by atoms with Crippen molar-refractivity contribution in [1.29, 1.82) is 0 Å². The number of aryl methyl sites for hydroxylation is 1. The molecule has 19 heavy (non-hydrogen) atoms. The Morgan fingerprint density at radius 3 is 2.42 bits per heavy atom. The number of thiol groups is 1. The second-order valence-corrected chi connectivity index (χ2v) is 5.44. The quantitative estimate of drug-likeness (QED) is 0.824. The van der Waals surface area contributed by atoms with E-state index in [9.17, 15) is 0 Å². The number of rotatable bonds is 6. The molecule has 0 atom stereocenters. The van der Waals surface area contributed by atoms with Gasteiger partial charge in [0.05, 0.1) is 12.8 Å². The topological polar surface area (TPSA) is 31.4 Å². The molecule has 3 nitrogen and oxygen atoms in total. The number of ether oxygens (including phenoxy) is 2. The summed E-state index contributed by atoms with van der Waals surface area (Å²) in [6, 6.07) is 7.56. The van der Waals surface area contributed by atoms with E-state index < -0.39 is 0 Å². The van der Waals surface area contributed by atoms with E-state index in [-0.39, 0.29) is 0 Å². The van der Waals surface area contributed by atoms with Crippen LogP contribution < -0.4 is 9.47 Å². The van der Waals surface area contributed by atoms with Crippen LogP contribution in [0.2, 0.25) is 0 Å². The van der Waals surface area contributed by atoms with Crippen LogP contribution in [0.5, 0.6) is 11.5 Å². The van der Waals surface area contributed by atoms with Gasteiger partial charge in [0.1, 0.15) is 23.1 Å². The van der Waals surface area contributed by atoms with Crippen molar-refractivity contribution in [3.63, 3.8) is 0 Å². The van der Waals surface area contributed by atoms with Gasteiger partial charge < -0.3 is 9.47 Å². The molecule has 102 valence electrons. The molecule has 2 aromatic rings. The third-order valence-corrected chi connectivity index (χ3v) is 4.32. The highest BCUT2D eigenvalue weighted by Crippen LogP contribution is 2.23. The number of nitrogens with zero attached hydrogens (tertiary/aromatic N) is 1. The number of benzene rings is 1. The van der Waals surface area contributed by atoms with Gasteiger partial charge in [-0.05, 0) is 30.7 Å². The van der Waals surface area contributed by atoms with E-state index in [0.29, 0.717) is 6.61 Å². The van der Waals surface area contributed by atoms with Crippen molar-refractivity contribution in [2.24, 2.45) is 0 Å². The summed E-state index contributed by atoms with van der Waals surface area (Å²) in [5.41, 5.74) is 1.13. The van der Waals surface area contributed by atoms with Crippen LogP contribution in [0.4, 0.5) is 0 Å². The van der Waals surface area contributed by atoms with Gasteiger partial charge in [0, 0.05) is 10.6 Å². The average Bonchev–Trinajstić information content (AvgIpc) is 2.88. The zero-order valence-electron chi connectivity index (χ0n) is 11.0. The van der Waals surface area contributed by atoms with Crippen LogP contribution in [0.3, 0.4) is 0 Å². The van der Waals surface area contributed by atoms with Crippen molar-refractivity contribution in [3.05, 3.63) is 39.8 Å². The molecule has 0 aliphatic rings. The summed E-state index contributed by atoms with van der Waals surface area (Å²) >= 11 is 6.00. The largest absolute Gasteiger partial charge is 0.497 e. The molecule has 0 saturated carbocycles. The predicted molar refractivity (Wildman–Crippen MR) is 81.5 cm³/mol. The summed E-state index contributed by atoms with van der Waals surface area (Å²) in [5, 5.41) is 0.997. The third-order valence-electron chi connectivity index (χ3n) is 2.72. The second-order valence-electron chi connectivity index (χ2n) is 3.95. The van der Waals surface area contributed by atoms with Gasteiger partial charge >= 0.3 is 0 Å². The minimum absolute atomic E-state index is 0.498. The molecule has 0 saturated heterocycles. The summed E-state index contributed by atoms with van der Waals surface area (Å²) < 4.78 is 10.8. The Morgan fingerprint density at radius 1 is 1.21 bits per heavy atom. The van der Waals surface area contributed by atoms with Crippen LogP contribution in [-0.2, 0) is 18.8 Å². The fourth-order valence-corrected chi connectivity index (χ4v) is 3.02. The summed E-state index contributed by atoms with van der Waals surface area (Å²) in [4.78, 5) is 5.80. The normalized spacial score (nSPS) is 10.5. The maximum atomic E-state index is 5.72. The van der Waals surface area contributed by atoms with Crippen LogP contribution in [0.15, 0.2) is 24.3 Å². The highest BCUT2D eigenvalue weighted by atomic mass is 32.1. The van der Waals surface area contributed by atoms with Gasteiger partial charge in [0.25, 0.3) is 0 Å². The van der Waals surface area contributed by atoms with Crippen LogP contribution in [-0.4, -0.2) is 12.1 Å². The van der Waals surface area contributed by atoms with E-state index in [1.165, 1.54) is 4.88 Å². The molecule has 2 rings (SSSR count). The summed E-state index contributed by atoms with van der Waals surface area (Å²) in [6.45, 7) is 2.61. The Morgan fingerprint density at radius 2 is 1.89 bits per heavy atom. The first-order valence-corrected chi connectivity index (χ1v) is 7.56.